The zero-order valence-corrected chi connectivity index (χ0v) is 42.6. The lowest BCUT2D eigenvalue weighted by atomic mass is 9.93. The normalized spacial score (nSPS) is 15.2. The Bertz CT molecular complexity index is 3810. The zero-order valence-electron chi connectivity index (χ0n) is 42.6. The maximum atomic E-state index is 15.9. The molecule has 1 saturated heterocycles. The molecule has 2 aliphatic heterocycles. The lowest BCUT2D eigenvalue weighted by Crippen LogP contribution is -2.44. The van der Waals surface area contributed by atoms with Gasteiger partial charge in [-0.15, -0.1) is 5.10 Å². The van der Waals surface area contributed by atoms with E-state index in [-0.39, 0.29) is 58.3 Å². The summed E-state index contributed by atoms with van der Waals surface area (Å²) in [6.07, 6.45) is 11.6. The van der Waals surface area contributed by atoms with Crippen LogP contribution in [0.1, 0.15) is 57.9 Å². The van der Waals surface area contributed by atoms with Gasteiger partial charge >= 0.3 is 12.0 Å². The topological polar surface area (TPSA) is 198 Å². The largest absolute Gasteiger partial charge is 0.508 e. The van der Waals surface area contributed by atoms with E-state index in [0.717, 1.165) is 53.7 Å². The molecule has 0 aliphatic carbocycles. The minimum atomic E-state index is -0.770. The number of amides is 3. The maximum Gasteiger partial charge on any atom is 0.344 e. The molecule has 1 atom stereocenters. The number of nitrogens with one attached hydrogen (secondary N) is 1. The van der Waals surface area contributed by atoms with Crippen LogP contribution < -0.4 is 15.0 Å². The van der Waals surface area contributed by atoms with Gasteiger partial charge in [-0.2, -0.15) is 9.78 Å². The number of phenols is 2. The third kappa shape index (κ3) is 9.60. The van der Waals surface area contributed by atoms with Crippen LogP contribution in [0.4, 0.5) is 25.0 Å². The fourth-order valence-corrected chi connectivity index (χ4v) is 10.4. The number of halogens is 2. The molecular weight excluding hydrogens is 987 g/mol. The number of hydrogen-bond acceptors (Lipinski definition) is 10. The van der Waals surface area contributed by atoms with Gasteiger partial charge in [0.15, 0.2) is 17.4 Å². The summed E-state index contributed by atoms with van der Waals surface area (Å²) in [5.41, 5.74) is 5.02. The van der Waals surface area contributed by atoms with E-state index in [4.69, 9.17) is 4.74 Å². The number of fused-ring (bicyclic) bond motifs is 2. The molecule has 11 rings (SSSR count). The molecule has 6 heterocycles. The Morgan fingerprint density at radius 3 is 2.34 bits per heavy atom. The number of anilines is 2. The van der Waals surface area contributed by atoms with Crippen molar-refractivity contribution in [2.45, 2.75) is 65.0 Å². The first-order chi connectivity index (χ1) is 37.1. The Hall–Kier alpha value is -9.26. The van der Waals surface area contributed by atoms with Crippen molar-refractivity contribution in [3.8, 4) is 57.2 Å². The van der Waals surface area contributed by atoms with Gasteiger partial charge in [-0.25, -0.2) is 18.1 Å². The van der Waals surface area contributed by atoms with Crippen LogP contribution in [-0.4, -0.2) is 90.9 Å². The Morgan fingerprint density at radius 2 is 1.57 bits per heavy atom. The molecule has 1 fully saturated rings. The number of carbonyl (C=O) groups excluding carboxylic acids is 3. The summed E-state index contributed by atoms with van der Waals surface area (Å²) in [7, 11) is 1.91. The van der Waals surface area contributed by atoms with Gasteiger partial charge in [0.05, 0.1) is 17.4 Å². The van der Waals surface area contributed by atoms with Gasteiger partial charge in [0.2, 0.25) is 0 Å². The molecule has 0 radical (unpaired) electrons. The third-order valence-corrected chi connectivity index (χ3v) is 14.7. The lowest BCUT2D eigenvalue weighted by Gasteiger charge is -2.32. The fourth-order valence-electron chi connectivity index (χ4n) is 10.4. The number of aryl methyl sites for hydroxylation is 2. The summed E-state index contributed by atoms with van der Waals surface area (Å²) in [4.78, 5) is 44.1. The number of aromatic hydroxyl groups is 3. The van der Waals surface area contributed by atoms with Crippen LogP contribution in [0, 0.1) is 17.6 Å². The number of benzene rings is 5. The number of ether oxygens (including phenoxy) is 1. The van der Waals surface area contributed by atoms with Gasteiger partial charge in [0.25, 0.3) is 11.8 Å². The van der Waals surface area contributed by atoms with E-state index >= 15 is 4.39 Å². The van der Waals surface area contributed by atoms with E-state index in [0.29, 0.717) is 64.8 Å². The highest BCUT2D eigenvalue weighted by molar-refractivity contribution is 6.27. The van der Waals surface area contributed by atoms with Gasteiger partial charge in [-0.05, 0) is 135 Å². The molecular formula is C58H54F2N10O7. The van der Waals surface area contributed by atoms with Crippen LogP contribution in [-0.2, 0) is 23.2 Å². The number of piperidine rings is 1. The second-order valence-corrected chi connectivity index (χ2v) is 20.1. The van der Waals surface area contributed by atoms with Crippen molar-refractivity contribution < 1.29 is 43.2 Å². The van der Waals surface area contributed by atoms with E-state index in [1.807, 2.05) is 81.2 Å². The number of likely N-dealkylation sites (tertiary alicyclic amines) is 1. The molecule has 17 nitrogen and oxygen atoms in total. The van der Waals surface area contributed by atoms with Gasteiger partial charge in [0, 0.05) is 108 Å². The van der Waals surface area contributed by atoms with Crippen molar-refractivity contribution in [1.82, 2.24) is 38.6 Å². The number of phenolic OH excluding ortho intramolecular Hbond substituents is 2. The molecule has 0 spiro atoms. The van der Waals surface area contributed by atoms with Crippen LogP contribution in [0.15, 0.2) is 133 Å². The number of nitrogens with zero attached hydrogens (tertiary/aromatic N) is 9. The van der Waals surface area contributed by atoms with E-state index in [1.54, 1.807) is 35.5 Å². The minimum absolute atomic E-state index is 0.0261. The Kier molecular flexibility index (Phi) is 13.0. The van der Waals surface area contributed by atoms with Gasteiger partial charge in [0.1, 0.15) is 28.6 Å². The first kappa shape index (κ1) is 49.9. The number of hydrogen-bond donors (Lipinski definition) is 4. The number of carbonyl (C=O) groups is 3. The van der Waals surface area contributed by atoms with Crippen molar-refractivity contribution in [3.63, 3.8) is 0 Å². The molecule has 2 aliphatic rings. The van der Waals surface area contributed by atoms with Crippen molar-refractivity contribution in [1.29, 1.82) is 0 Å². The van der Waals surface area contributed by atoms with Gasteiger partial charge < -0.3 is 44.3 Å². The standard InChI is InChI=1S/C58H54F2N10O7/c1-33(2)44-28-46(51(72)30-50(44)71)54-63-64-57(75)70(54)42-11-13-48-36(25-42)19-24-66(48)21-15-35-16-22-67(23-17-35)58(76)68-32-38(31-61-68)45-29-49-37(18-20-65(49)4)26-53(45)77-52-14-8-40(27-47(52)60)62-55(73)43-12-5-34(3)69(56(43)74)41-9-6-39(59)7-10-41/h6-14,18-20,24-35,71-72H,5,15-17,21-23H2,1-4H3,(H,62,73)(H,64,75). The first-order valence-corrected chi connectivity index (χ1v) is 25.4. The summed E-state index contributed by atoms with van der Waals surface area (Å²) in [6.45, 7) is 7.55. The first-order valence-electron chi connectivity index (χ1n) is 25.4. The van der Waals surface area contributed by atoms with Crippen LogP contribution in [0.25, 0.3) is 50.0 Å². The predicted octanol–water partition coefficient (Wildman–Crippen LogP) is 11.0. The molecule has 0 bridgehead atoms. The Labute approximate surface area is 440 Å². The predicted molar refractivity (Wildman–Crippen MR) is 286 cm³/mol. The summed E-state index contributed by atoms with van der Waals surface area (Å²) in [5.74, 6) is -1.93. The second-order valence-electron chi connectivity index (χ2n) is 20.1. The zero-order chi connectivity index (χ0) is 53.8. The SMILES string of the molecule is CC(C)c1cc(-c2nnc(O)n2-c2ccc3c(ccn3CCC3CCN(C(=O)n4cc(-c5cc6c(ccn6C)cc5Oc5ccc(NC(=O)C6=CCC(C)N(c7ccc(F)cc7)C6=O)cc5F)cn4)CC3)c2)c(O)cc1O. The molecule has 19 heteroatoms. The van der Waals surface area contributed by atoms with E-state index < -0.39 is 23.4 Å². The third-order valence-electron chi connectivity index (χ3n) is 14.7. The monoisotopic (exact) mass is 1040 g/mol. The lowest BCUT2D eigenvalue weighted by molar-refractivity contribution is -0.120. The van der Waals surface area contributed by atoms with Crippen molar-refractivity contribution in [2.75, 3.05) is 23.3 Å². The van der Waals surface area contributed by atoms with E-state index in [2.05, 4.69) is 25.2 Å². The molecule has 4 N–H and O–H groups in total. The highest BCUT2D eigenvalue weighted by Gasteiger charge is 2.33. The summed E-state index contributed by atoms with van der Waals surface area (Å²) < 4.78 is 42.7. The highest BCUT2D eigenvalue weighted by atomic mass is 19.1. The summed E-state index contributed by atoms with van der Waals surface area (Å²) >= 11 is 0. The van der Waals surface area contributed by atoms with Crippen molar-refractivity contribution in [2.24, 2.45) is 13.0 Å². The van der Waals surface area contributed by atoms with Crippen LogP contribution in [0.5, 0.6) is 29.0 Å². The number of rotatable bonds is 12. The average Bonchev–Trinajstić information content (AvgIpc) is 4.27. The number of aromatic nitrogens is 7. The quantitative estimate of drug-likeness (QED) is 0.0854. The molecule has 4 aromatic heterocycles. The molecule has 3 amide bonds. The smallest absolute Gasteiger partial charge is 0.344 e. The molecule has 392 valence electrons. The van der Waals surface area contributed by atoms with E-state index in [9.17, 15) is 34.1 Å². The van der Waals surface area contributed by atoms with Crippen molar-refractivity contribution >= 4 is 51.0 Å². The minimum Gasteiger partial charge on any atom is -0.508 e. The van der Waals surface area contributed by atoms with Gasteiger partial charge in [-0.1, -0.05) is 25.0 Å². The second kappa shape index (κ2) is 20.1. The Balaban J connectivity index is 0.731. The fraction of sp³-hybridized carbons (Fsp3) is 0.241. The van der Waals surface area contributed by atoms with Crippen LogP contribution >= 0.6 is 0 Å². The van der Waals surface area contributed by atoms with Crippen LogP contribution in [0.2, 0.25) is 0 Å². The average molecular weight is 1040 g/mol. The van der Waals surface area contributed by atoms with Gasteiger partial charge in [-0.3, -0.25) is 9.59 Å². The summed E-state index contributed by atoms with van der Waals surface area (Å²) in [5, 5.41) is 49.0. The molecule has 77 heavy (non-hydrogen) atoms. The van der Waals surface area contributed by atoms with Crippen molar-refractivity contribution in [3.05, 3.63) is 151 Å². The molecule has 1 unspecified atom stereocenters. The molecule has 5 aromatic carbocycles. The summed E-state index contributed by atoms with van der Waals surface area (Å²) in [6, 6.07) is 24.9. The van der Waals surface area contributed by atoms with Crippen LogP contribution in [0.3, 0.4) is 0 Å². The molecule has 9 aromatic rings. The maximum absolute atomic E-state index is 15.9. The molecule has 0 saturated carbocycles. The highest BCUT2D eigenvalue weighted by Crippen LogP contribution is 2.41. The Morgan fingerprint density at radius 1 is 0.818 bits per heavy atom. The van der Waals surface area contributed by atoms with E-state index in [1.165, 1.54) is 56.6 Å².